The number of benzene rings is 1. The van der Waals surface area contributed by atoms with Crippen molar-refractivity contribution in [2.75, 3.05) is 0 Å². The third-order valence-corrected chi connectivity index (χ3v) is 3.63. The van der Waals surface area contributed by atoms with Crippen molar-refractivity contribution in [3.05, 3.63) is 89.5 Å². The molecule has 0 amide bonds. The van der Waals surface area contributed by atoms with Crippen LogP contribution in [-0.2, 0) is 0 Å². The topological polar surface area (TPSA) is 198 Å². The van der Waals surface area contributed by atoms with Crippen molar-refractivity contribution >= 4 is 17.9 Å². The SMILES string of the molecule is Cc1ncc[nH]1.Cc1ncc[nH]1.Cc1ncc[nH]1.O=C(O)c1ccc(C(=O)O)c(C(=O)O)c1. The molecule has 3 heterocycles. The van der Waals surface area contributed by atoms with Crippen LogP contribution in [0.15, 0.2) is 55.4 Å². The first-order valence-electron chi connectivity index (χ1n) is 9.33. The van der Waals surface area contributed by atoms with Crippen molar-refractivity contribution in [2.45, 2.75) is 20.8 Å². The summed E-state index contributed by atoms with van der Waals surface area (Å²) in [5, 5.41) is 25.9. The summed E-state index contributed by atoms with van der Waals surface area (Å²) < 4.78 is 0. The van der Waals surface area contributed by atoms with Crippen LogP contribution in [0.4, 0.5) is 0 Å². The Morgan fingerprint density at radius 2 is 1.03 bits per heavy atom. The van der Waals surface area contributed by atoms with Gasteiger partial charge in [-0.2, -0.15) is 0 Å². The second kappa shape index (κ2) is 13.5. The van der Waals surface area contributed by atoms with E-state index in [2.05, 4.69) is 29.9 Å². The Hall–Kier alpha value is -4.74. The van der Waals surface area contributed by atoms with E-state index in [4.69, 9.17) is 15.3 Å². The molecule has 0 aliphatic rings. The van der Waals surface area contributed by atoms with E-state index < -0.39 is 29.0 Å². The number of carbonyl (C=O) groups is 3. The molecule has 1 aromatic carbocycles. The molecule has 0 bridgehead atoms. The smallest absolute Gasteiger partial charge is 0.336 e. The number of carboxylic acids is 3. The summed E-state index contributed by atoms with van der Waals surface area (Å²) in [6.07, 6.45) is 10.6. The highest BCUT2D eigenvalue weighted by molar-refractivity contribution is 6.03. The second-order valence-corrected chi connectivity index (χ2v) is 6.20. The molecule has 0 saturated heterocycles. The number of imidazole rings is 3. The highest BCUT2D eigenvalue weighted by Gasteiger charge is 2.17. The van der Waals surface area contributed by atoms with Crippen LogP contribution in [-0.4, -0.2) is 63.1 Å². The van der Waals surface area contributed by atoms with Crippen LogP contribution in [0.25, 0.3) is 0 Å². The lowest BCUT2D eigenvalue weighted by Gasteiger charge is -2.02. The van der Waals surface area contributed by atoms with E-state index in [0.717, 1.165) is 35.7 Å². The fraction of sp³-hybridized carbons (Fsp3) is 0.143. The zero-order valence-electron chi connectivity index (χ0n) is 18.1. The van der Waals surface area contributed by atoms with Gasteiger partial charge in [0.25, 0.3) is 0 Å². The zero-order chi connectivity index (χ0) is 24.8. The molecule has 0 atom stereocenters. The lowest BCUT2D eigenvalue weighted by atomic mass is 10.0. The van der Waals surface area contributed by atoms with E-state index in [0.29, 0.717) is 0 Å². The molecule has 0 saturated carbocycles. The standard InChI is InChI=1S/C9H6O6.3C4H6N2/c10-7(11)4-1-2-5(8(12)13)6(3-4)9(14)15;3*1-4-5-2-3-6-4/h1-3H,(H,10,11)(H,12,13)(H,14,15);3*2-3H,1H3,(H,5,6). The first-order chi connectivity index (χ1) is 15.6. The van der Waals surface area contributed by atoms with Crippen LogP contribution in [0.1, 0.15) is 48.5 Å². The number of carboxylic acid groups (broad SMARTS) is 3. The van der Waals surface area contributed by atoms with Gasteiger partial charge in [0.15, 0.2) is 0 Å². The van der Waals surface area contributed by atoms with E-state index in [9.17, 15) is 14.4 Å². The Morgan fingerprint density at radius 3 is 1.24 bits per heavy atom. The van der Waals surface area contributed by atoms with Gasteiger partial charge in [0, 0.05) is 37.2 Å². The van der Waals surface area contributed by atoms with Crippen molar-refractivity contribution in [1.82, 2.24) is 29.9 Å². The summed E-state index contributed by atoms with van der Waals surface area (Å²) in [4.78, 5) is 52.0. The molecule has 6 N–H and O–H groups in total. The zero-order valence-corrected chi connectivity index (χ0v) is 18.1. The van der Waals surface area contributed by atoms with Crippen molar-refractivity contribution in [1.29, 1.82) is 0 Å². The average molecular weight is 456 g/mol. The number of aromatic nitrogens is 6. The highest BCUT2D eigenvalue weighted by Crippen LogP contribution is 2.12. The predicted octanol–water partition coefficient (Wildman–Crippen LogP) is 2.94. The Labute approximate surface area is 188 Å². The maximum atomic E-state index is 10.6. The number of aromatic carboxylic acids is 3. The van der Waals surface area contributed by atoms with E-state index in [1.54, 1.807) is 37.2 Å². The minimum Gasteiger partial charge on any atom is -0.478 e. The van der Waals surface area contributed by atoms with Crippen LogP contribution < -0.4 is 0 Å². The Bertz CT molecular complexity index is 1050. The number of aryl methyl sites for hydroxylation is 3. The fourth-order valence-electron chi connectivity index (χ4n) is 2.07. The maximum absolute atomic E-state index is 10.6. The summed E-state index contributed by atoms with van der Waals surface area (Å²) in [6, 6.07) is 2.81. The average Bonchev–Trinajstić information content (AvgIpc) is 3.54. The quantitative estimate of drug-likeness (QED) is 0.268. The molecule has 12 heteroatoms. The number of hydrogen-bond acceptors (Lipinski definition) is 6. The number of hydrogen-bond donors (Lipinski definition) is 6. The highest BCUT2D eigenvalue weighted by atomic mass is 16.4. The molecule has 0 radical (unpaired) electrons. The van der Waals surface area contributed by atoms with Crippen molar-refractivity contribution in [2.24, 2.45) is 0 Å². The molecule has 4 aromatic rings. The van der Waals surface area contributed by atoms with Gasteiger partial charge in [-0.25, -0.2) is 29.3 Å². The van der Waals surface area contributed by atoms with Crippen molar-refractivity contribution < 1.29 is 29.7 Å². The monoisotopic (exact) mass is 456 g/mol. The van der Waals surface area contributed by atoms with Gasteiger partial charge in [-0.05, 0) is 39.0 Å². The van der Waals surface area contributed by atoms with Crippen molar-refractivity contribution in [3.63, 3.8) is 0 Å². The van der Waals surface area contributed by atoms with E-state index >= 15 is 0 Å². The maximum Gasteiger partial charge on any atom is 0.336 e. The first kappa shape index (κ1) is 26.3. The molecule has 174 valence electrons. The Kier molecular flexibility index (Phi) is 10.8. The van der Waals surface area contributed by atoms with Gasteiger partial charge < -0.3 is 30.3 Å². The lowest BCUT2D eigenvalue weighted by molar-refractivity contribution is 0.0649. The molecule has 0 aliphatic carbocycles. The van der Waals surface area contributed by atoms with Crippen molar-refractivity contribution in [3.8, 4) is 0 Å². The number of aromatic amines is 3. The molecule has 0 fully saturated rings. The van der Waals surface area contributed by atoms with Crippen LogP contribution in [0.3, 0.4) is 0 Å². The molecule has 0 aliphatic heterocycles. The van der Waals surface area contributed by atoms with Crippen LogP contribution in [0.2, 0.25) is 0 Å². The molecular weight excluding hydrogens is 432 g/mol. The normalized spacial score (nSPS) is 9.18. The number of H-pyrrole nitrogens is 3. The third-order valence-electron chi connectivity index (χ3n) is 3.63. The van der Waals surface area contributed by atoms with Gasteiger partial charge in [0.2, 0.25) is 0 Å². The first-order valence-corrected chi connectivity index (χ1v) is 9.33. The van der Waals surface area contributed by atoms with Gasteiger partial charge in [-0.1, -0.05) is 0 Å². The summed E-state index contributed by atoms with van der Waals surface area (Å²) in [7, 11) is 0. The molecule has 0 spiro atoms. The predicted molar refractivity (Wildman–Crippen MR) is 117 cm³/mol. The number of nitrogens with zero attached hydrogens (tertiary/aromatic N) is 3. The minimum atomic E-state index is -1.48. The summed E-state index contributed by atoms with van der Waals surface area (Å²) in [6.45, 7) is 5.75. The largest absolute Gasteiger partial charge is 0.478 e. The third kappa shape index (κ3) is 10.2. The summed E-state index contributed by atoms with van der Waals surface area (Å²) in [5.41, 5.74) is -1.24. The molecule has 4 rings (SSSR count). The second-order valence-electron chi connectivity index (χ2n) is 6.20. The molecule has 12 nitrogen and oxygen atoms in total. The van der Waals surface area contributed by atoms with E-state index in [-0.39, 0.29) is 5.56 Å². The van der Waals surface area contributed by atoms with Crippen LogP contribution in [0.5, 0.6) is 0 Å². The summed E-state index contributed by atoms with van der Waals surface area (Å²) in [5.74, 6) is -1.30. The van der Waals surface area contributed by atoms with Gasteiger partial charge in [-0.3, -0.25) is 0 Å². The van der Waals surface area contributed by atoms with E-state index in [1.807, 2.05) is 20.8 Å². The number of rotatable bonds is 3. The summed E-state index contributed by atoms with van der Waals surface area (Å²) >= 11 is 0. The number of nitrogens with one attached hydrogen (secondary N) is 3. The Morgan fingerprint density at radius 1 is 0.636 bits per heavy atom. The molecular formula is C21H24N6O6. The van der Waals surface area contributed by atoms with E-state index in [1.165, 1.54) is 0 Å². The molecule has 3 aromatic heterocycles. The van der Waals surface area contributed by atoms with Crippen LogP contribution >= 0.6 is 0 Å². The van der Waals surface area contributed by atoms with Gasteiger partial charge >= 0.3 is 17.9 Å². The van der Waals surface area contributed by atoms with Gasteiger partial charge in [0.05, 0.1) is 16.7 Å². The van der Waals surface area contributed by atoms with Crippen LogP contribution in [0, 0.1) is 20.8 Å². The van der Waals surface area contributed by atoms with Gasteiger partial charge in [0.1, 0.15) is 17.5 Å². The lowest BCUT2D eigenvalue weighted by Crippen LogP contribution is -2.10. The Balaban J connectivity index is 0.000000247. The fourth-order valence-corrected chi connectivity index (χ4v) is 2.07. The molecule has 33 heavy (non-hydrogen) atoms. The molecule has 0 unspecified atom stereocenters. The van der Waals surface area contributed by atoms with Gasteiger partial charge in [-0.15, -0.1) is 0 Å². The minimum absolute atomic E-state index is 0.266.